The van der Waals surface area contributed by atoms with Crippen LogP contribution in [0.15, 0.2) is 72.9 Å². The molecule has 1 heterocycles. The number of fused-ring (bicyclic) bond motifs is 1. The Labute approximate surface area is 208 Å². The fraction of sp³-hybridized carbons (Fsp3) is 0.179. The van der Waals surface area contributed by atoms with E-state index < -0.39 is 24.5 Å². The molecule has 0 saturated carbocycles. The Morgan fingerprint density at radius 1 is 1.08 bits per heavy atom. The topological polar surface area (TPSA) is 105 Å². The van der Waals surface area contributed by atoms with E-state index in [4.69, 9.17) is 14.6 Å². The van der Waals surface area contributed by atoms with E-state index in [2.05, 4.69) is 30.1 Å². The average Bonchev–Trinajstić information content (AvgIpc) is 3.11. The number of hydrogen-bond acceptors (Lipinski definition) is 5. The largest absolute Gasteiger partial charge is 0.490 e. The Morgan fingerprint density at radius 2 is 1.86 bits per heavy atom. The van der Waals surface area contributed by atoms with Crippen LogP contribution in [0.5, 0.6) is 11.5 Å². The van der Waals surface area contributed by atoms with Gasteiger partial charge >= 0.3 is 12.0 Å². The molecular formula is C28H26N2O6. The monoisotopic (exact) mass is 486 g/mol. The summed E-state index contributed by atoms with van der Waals surface area (Å²) in [4.78, 5) is 36.2. The molecule has 8 heteroatoms. The van der Waals surface area contributed by atoms with Crippen molar-refractivity contribution in [1.29, 1.82) is 0 Å². The lowest BCUT2D eigenvalue weighted by atomic mass is 10.0. The highest BCUT2D eigenvalue weighted by atomic mass is 16.5. The number of carbonyl (C=O) groups is 3. The van der Waals surface area contributed by atoms with Crippen molar-refractivity contribution in [2.45, 2.75) is 20.0 Å². The Bertz CT molecular complexity index is 1370. The molecule has 3 amide bonds. The second kappa shape index (κ2) is 10.8. The van der Waals surface area contributed by atoms with Gasteiger partial charge in [0.1, 0.15) is 18.8 Å². The van der Waals surface area contributed by atoms with Crippen molar-refractivity contribution in [1.82, 2.24) is 10.2 Å². The Kier molecular flexibility index (Phi) is 7.34. The summed E-state index contributed by atoms with van der Waals surface area (Å²) >= 11 is 0. The maximum absolute atomic E-state index is 12.5. The third-order valence-electron chi connectivity index (χ3n) is 5.64. The molecule has 0 unspecified atom stereocenters. The summed E-state index contributed by atoms with van der Waals surface area (Å²) in [5.41, 5.74) is 2.40. The summed E-state index contributed by atoms with van der Waals surface area (Å²) in [5.74, 6) is -0.925. The molecule has 1 fully saturated rings. The standard InChI is InChI=1S/C28H26N2O6/c1-3-8-20-13-18(14-23-27(33)30(16-25(31)32)28(34)29-23)15-24(35-4-2)26(20)36-17-21-11-7-10-19-9-5-6-12-22(19)21/h3,5-7,9-15H,1,4,8,16-17H2,2H3,(H,29,34)(H,31,32)/b23-14+. The number of nitrogens with one attached hydrogen (secondary N) is 1. The minimum Gasteiger partial charge on any atom is -0.490 e. The van der Waals surface area contributed by atoms with Gasteiger partial charge in [-0.05, 0) is 53.5 Å². The van der Waals surface area contributed by atoms with Crippen LogP contribution in [0.1, 0.15) is 23.6 Å². The number of carbonyl (C=O) groups excluding carboxylic acids is 2. The number of carboxylic acid groups (broad SMARTS) is 1. The zero-order chi connectivity index (χ0) is 25.7. The second-order valence-corrected chi connectivity index (χ2v) is 8.13. The van der Waals surface area contributed by atoms with Crippen molar-refractivity contribution in [3.05, 3.63) is 89.6 Å². The van der Waals surface area contributed by atoms with Gasteiger partial charge in [-0.2, -0.15) is 0 Å². The highest BCUT2D eigenvalue weighted by Crippen LogP contribution is 2.36. The average molecular weight is 487 g/mol. The van der Waals surface area contributed by atoms with Crippen molar-refractivity contribution in [2.75, 3.05) is 13.2 Å². The lowest BCUT2D eigenvalue weighted by Gasteiger charge is -2.17. The SMILES string of the molecule is C=CCc1cc(/C=C2/NC(=O)N(CC(=O)O)C2=O)cc(OCC)c1OCc1cccc2ccccc12. The quantitative estimate of drug-likeness (QED) is 0.248. The summed E-state index contributed by atoms with van der Waals surface area (Å²) in [5, 5.41) is 13.6. The maximum Gasteiger partial charge on any atom is 0.329 e. The van der Waals surface area contributed by atoms with Crippen molar-refractivity contribution >= 4 is 34.8 Å². The number of urea groups is 1. The third kappa shape index (κ3) is 5.22. The molecule has 184 valence electrons. The van der Waals surface area contributed by atoms with E-state index >= 15 is 0 Å². The molecule has 8 nitrogen and oxygen atoms in total. The van der Waals surface area contributed by atoms with Gasteiger partial charge in [0.2, 0.25) is 0 Å². The van der Waals surface area contributed by atoms with Crippen molar-refractivity contribution < 1.29 is 29.0 Å². The zero-order valence-corrected chi connectivity index (χ0v) is 19.8. The van der Waals surface area contributed by atoms with Crippen molar-refractivity contribution in [3.8, 4) is 11.5 Å². The fourth-order valence-corrected chi connectivity index (χ4v) is 4.09. The summed E-state index contributed by atoms with van der Waals surface area (Å²) in [6, 6.07) is 16.9. The predicted molar refractivity (Wildman–Crippen MR) is 136 cm³/mol. The van der Waals surface area contributed by atoms with Gasteiger partial charge in [-0.3, -0.25) is 9.59 Å². The van der Waals surface area contributed by atoms with Gasteiger partial charge < -0.3 is 19.9 Å². The number of amides is 3. The first kappa shape index (κ1) is 24.5. The number of carboxylic acids is 1. The zero-order valence-electron chi connectivity index (χ0n) is 19.8. The summed E-state index contributed by atoms with van der Waals surface area (Å²) < 4.78 is 12.2. The lowest BCUT2D eigenvalue weighted by molar-refractivity contribution is -0.140. The first-order valence-corrected chi connectivity index (χ1v) is 11.5. The highest BCUT2D eigenvalue weighted by molar-refractivity contribution is 6.15. The van der Waals surface area contributed by atoms with E-state index in [1.54, 1.807) is 12.1 Å². The Hall–Kier alpha value is -4.59. The van der Waals surface area contributed by atoms with Crippen LogP contribution in [0.4, 0.5) is 4.79 Å². The number of hydrogen-bond donors (Lipinski definition) is 2. The van der Waals surface area contributed by atoms with Gasteiger partial charge in [0.15, 0.2) is 11.5 Å². The number of ether oxygens (including phenoxy) is 2. The highest BCUT2D eigenvalue weighted by Gasteiger charge is 2.35. The minimum atomic E-state index is -1.28. The van der Waals surface area contributed by atoms with Crippen molar-refractivity contribution in [2.24, 2.45) is 0 Å². The smallest absolute Gasteiger partial charge is 0.329 e. The molecule has 36 heavy (non-hydrogen) atoms. The minimum absolute atomic E-state index is 0.0160. The van der Waals surface area contributed by atoms with Gasteiger partial charge in [0, 0.05) is 5.56 Å². The van der Waals surface area contributed by atoms with Crippen LogP contribution in [-0.4, -0.2) is 41.1 Å². The van der Waals surface area contributed by atoms with Gasteiger partial charge in [-0.1, -0.05) is 48.5 Å². The molecule has 0 atom stereocenters. The van der Waals surface area contributed by atoms with Crippen LogP contribution in [-0.2, 0) is 22.6 Å². The molecule has 0 aliphatic carbocycles. The normalized spacial score (nSPS) is 14.2. The number of imide groups is 1. The molecule has 4 rings (SSSR count). The molecule has 0 bridgehead atoms. The van der Waals surface area contributed by atoms with Crippen LogP contribution in [0.3, 0.4) is 0 Å². The molecule has 0 radical (unpaired) electrons. The Morgan fingerprint density at radius 3 is 2.61 bits per heavy atom. The van der Waals surface area contributed by atoms with E-state index in [0.717, 1.165) is 21.9 Å². The van der Waals surface area contributed by atoms with Crippen molar-refractivity contribution in [3.63, 3.8) is 0 Å². The lowest BCUT2D eigenvalue weighted by Crippen LogP contribution is -2.35. The van der Waals surface area contributed by atoms with Gasteiger partial charge in [0.05, 0.1) is 6.61 Å². The second-order valence-electron chi connectivity index (χ2n) is 8.13. The number of allylic oxidation sites excluding steroid dienone is 1. The van der Waals surface area contributed by atoms with Crippen LogP contribution in [0.25, 0.3) is 16.8 Å². The van der Waals surface area contributed by atoms with E-state index in [0.29, 0.717) is 41.6 Å². The maximum atomic E-state index is 12.5. The summed E-state index contributed by atoms with van der Waals surface area (Å²) in [7, 11) is 0. The molecule has 0 aromatic heterocycles. The Balaban J connectivity index is 1.67. The van der Waals surface area contributed by atoms with E-state index in [-0.39, 0.29) is 5.70 Å². The third-order valence-corrected chi connectivity index (χ3v) is 5.64. The van der Waals surface area contributed by atoms with Crippen LogP contribution >= 0.6 is 0 Å². The number of nitrogens with zero attached hydrogens (tertiary/aromatic N) is 1. The number of rotatable bonds is 10. The number of benzene rings is 3. The van der Waals surface area contributed by atoms with Crippen LogP contribution in [0.2, 0.25) is 0 Å². The molecular weight excluding hydrogens is 460 g/mol. The summed E-state index contributed by atoms with van der Waals surface area (Å²) in [6.45, 7) is 5.70. The van der Waals surface area contributed by atoms with Crippen LogP contribution in [0, 0.1) is 0 Å². The first-order chi connectivity index (χ1) is 17.4. The molecule has 0 spiro atoms. The molecule has 1 aliphatic heterocycles. The number of aliphatic carboxylic acids is 1. The van der Waals surface area contributed by atoms with Gasteiger partial charge in [0.25, 0.3) is 5.91 Å². The fourth-order valence-electron chi connectivity index (χ4n) is 4.09. The van der Waals surface area contributed by atoms with E-state index in [1.807, 2.05) is 37.3 Å². The predicted octanol–water partition coefficient (Wildman–Crippen LogP) is 4.52. The molecule has 1 aliphatic rings. The van der Waals surface area contributed by atoms with E-state index in [1.165, 1.54) is 6.08 Å². The molecule has 1 saturated heterocycles. The van der Waals surface area contributed by atoms with E-state index in [9.17, 15) is 14.4 Å². The molecule has 3 aromatic carbocycles. The molecule has 3 aromatic rings. The first-order valence-electron chi connectivity index (χ1n) is 11.5. The van der Waals surface area contributed by atoms with Gasteiger partial charge in [-0.15, -0.1) is 6.58 Å². The van der Waals surface area contributed by atoms with Gasteiger partial charge in [-0.25, -0.2) is 9.69 Å². The van der Waals surface area contributed by atoms with Crippen LogP contribution < -0.4 is 14.8 Å². The molecule has 2 N–H and O–H groups in total. The summed E-state index contributed by atoms with van der Waals surface area (Å²) in [6.07, 6.45) is 3.71.